The Morgan fingerprint density at radius 3 is 2.53 bits per heavy atom. The van der Waals surface area contributed by atoms with Gasteiger partial charge in [-0.2, -0.15) is 4.31 Å². The van der Waals surface area contributed by atoms with E-state index in [4.69, 9.17) is 14.5 Å². The second-order valence-electron chi connectivity index (χ2n) is 9.34. The number of nitrogens with zero attached hydrogens (tertiary/aromatic N) is 6. The van der Waals surface area contributed by atoms with E-state index in [2.05, 4.69) is 14.9 Å². The highest BCUT2D eigenvalue weighted by atomic mass is 32.2. The van der Waals surface area contributed by atoms with E-state index in [1.54, 1.807) is 35.4 Å². The summed E-state index contributed by atoms with van der Waals surface area (Å²) in [6.45, 7) is 7.25. The number of carbonyl (C=O) groups excluding carboxylic acids is 1. The largest absolute Gasteiger partial charge is 0.473 e. The number of aromatic nitrogens is 3. The normalized spacial score (nSPS) is 19.1. The molecule has 0 radical (unpaired) electrons. The number of carbonyl (C=O) groups is 1. The SMILES string of the molecule is CCS(=O)(=O)N1CCN(c2ccc(-c3cc4nccnc4c(OCC4CN(C(C)=O)CCO4)n3)cc2)CC1. The van der Waals surface area contributed by atoms with Crippen LogP contribution < -0.4 is 9.64 Å². The lowest BCUT2D eigenvalue weighted by molar-refractivity contribution is -0.137. The summed E-state index contributed by atoms with van der Waals surface area (Å²) in [5.74, 6) is 0.513. The maximum Gasteiger partial charge on any atom is 0.242 e. The highest BCUT2D eigenvalue weighted by molar-refractivity contribution is 7.89. The molecule has 2 aliphatic rings. The number of sulfonamides is 1. The molecule has 12 heteroatoms. The van der Waals surface area contributed by atoms with Gasteiger partial charge in [-0.15, -0.1) is 0 Å². The van der Waals surface area contributed by atoms with E-state index in [0.717, 1.165) is 11.3 Å². The monoisotopic (exact) mass is 540 g/mol. The van der Waals surface area contributed by atoms with Crippen LogP contribution in [0.2, 0.25) is 0 Å². The summed E-state index contributed by atoms with van der Waals surface area (Å²) < 4.78 is 37.7. The Morgan fingerprint density at radius 2 is 1.82 bits per heavy atom. The van der Waals surface area contributed by atoms with E-state index in [-0.39, 0.29) is 24.4 Å². The first-order valence-corrected chi connectivity index (χ1v) is 14.4. The molecule has 2 aliphatic heterocycles. The number of amides is 1. The zero-order chi connectivity index (χ0) is 26.7. The molecule has 2 aromatic heterocycles. The van der Waals surface area contributed by atoms with Gasteiger partial charge < -0.3 is 19.3 Å². The number of pyridine rings is 1. The Balaban J connectivity index is 1.31. The Hall–Kier alpha value is -3.35. The number of morpholine rings is 1. The molecular weight excluding hydrogens is 508 g/mol. The second kappa shape index (κ2) is 11.2. The number of ether oxygens (including phenoxy) is 2. The Kier molecular flexibility index (Phi) is 7.73. The first kappa shape index (κ1) is 26.3. The third kappa shape index (κ3) is 5.71. The molecule has 202 valence electrons. The predicted octanol–water partition coefficient (Wildman–Crippen LogP) is 1.79. The van der Waals surface area contributed by atoms with Gasteiger partial charge in [-0.3, -0.25) is 9.78 Å². The van der Waals surface area contributed by atoms with E-state index >= 15 is 0 Å². The van der Waals surface area contributed by atoms with Crippen LogP contribution in [-0.2, 0) is 19.6 Å². The van der Waals surface area contributed by atoms with Crippen molar-refractivity contribution < 1.29 is 22.7 Å². The van der Waals surface area contributed by atoms with Crippen LogP contribution >= 0.6 is 0 Å². The third-order valence-electron chi connectivity index (χ3n) is 6.94. The fraction of sp³-hybridized carbons (Fsp3) is 0.462. The fourth-order valence-electron chi connectivity index (χ4n) is 4.72. The van der Waals surface area contributed by atoms with Crippen LogP contribution in [0.4, 0.5) is 5.69 Å². The van der Waals surface area contributed by atoms with E-state index in [0.29, 0.717) is 68.5 Å². The summed E-state index contributed by atoms with van der Waals surface area (Å²) in [7, 11) is -3.16. The van der Waals surface area contributed by atoms with E-state index < -0.39 is 10.0 Å². The molecule has 3 aromatic rings. The molecule has 2 saturated heterocycles. The van der Waals surface area contributed by atoms with Gasteiger partial charge in [0.05, 0.1) is 30.1 Å². The zero-order valence-electron chi connectivity index (χ0n) is 21.6. The lowest BCUT2D eigenvalue weighted by Gasteiger charge is -2.35. The van der Waals surface area contributed by atoms with Crippen LogP contribution in [0, 0.1) is 0 Å². The van der Waals surface area contributed by atoms with Crippen molar-refractivity contribution in [3.05, 3.63) is 42.7 Å². The first-order chi connectivity index (χ1) is 18.3. The molecule has 0 bridgehead atoms. The lowest BCUT2D eigenvalue weighted by atomic mass is 10.1. The molecule has 1 atom stereocenters. The van der Waals surface area contributed by atoms with Crippen LogP contribution in [0.3, 0.4) is 0 Å². The molecule has 1 aromatic carbocycles. The number of hydrogen-bond donors (Lipinski definition) is 0. The van der Waals surface area contributed by atoms with Gasteiger partial charge in [-0.25, -0.2) is 18.4 Å². The molecule has 38 heavy (non-hydrogen) atoms. The number of rotatable bonds is 7. The summed E-state index contributed by atoms with van der Waals surface area (Å²) in [5.41, 5.74) is 3.86. The van der Waals surface area contributed by atoms with Gasteiger partial charge in [0.15, 0.2) is 5.52 Å². The molecule has 2 fully saturated rings. The van der Waals surface area contributed by atoms with Gasteiger partial charge in [-0.05, 0) is 25.1 Å². The lowest BCUT2D eigenvalue weighted by Crippen LogP contribution is -2.49. The molecule has 11 nitrogen and oxygen atoms in total. The summed E-state index contributed by atoms with van der Waals surface area (Å²) in [6.07, 6.45) is 2.98. The van der Waals surface area contributed by atoms with Crippen LogP contribution in [0.25, 0.3) is 22.3 Å². The van der Waals surface area contributed by atoms with Crippen molar-refractivity contribution in [1.82, 2.24) is 24.2 Å². The van der Waals surface area contributed by atoms with E-state index in [1.165, 1.54) is 0 Å². The van der Waals surface area contributed by atoms with Gasteiger partial charge in [-0.1, -0.05) is 12.1 Å². The quantitative estimate of drug-likeness (QED) is 0.442. The summed E-state index contributed by atoms with van der Waals surface area (Å²) in [6, 6.07) is 9.91. The van der Waals surface area contributed by atoms with E-state index in [1.807, 2.05) is 30.3 Å². The van der Waals surface area contributed by atoms with E-state index in [9.17, 15) is 13.2 Å². The Morgan fingerprint density at radius 1 is 1.08 bits per heavy atom. The van der Waals surface area contributed by atoms with Crippen molar-refractivity contribution in [1.29, 1.82) is 0 Å². The topological polar surface area (TPSA) is 118 Å². The molecule has 1 amide bonds. The number of fused-ring (bicyclic) bond motifs is 1. The highest BCUT2D eigenvalue weighted by Gasteiger charge is 2.26. The number of benzene rings is 1. The molecule has 5 rings (SSSR count). The summed E-state index contributed by atoms with van der Waals surface area (Å²) in [4.78, 5) is 29.3. The number of hydrogen-bond acceptors (Lipinski definition) is 9. The molecule has 4 heterocycles. The predicted molar refractivity (Wildman–Crippen MR) is 144 cm³/mol. The average Bonchev–Trinajstić information content (AvgIpc) is 2.96. The summed E-state index contributed by atoms with van der Waals surface area (Å²) >= 11 is 0. The highest BCUT2D eigenvalue weighted by Crippen LogP contribution is 2.29. The van der Waals surface area contributed by atoms with Crippen molar-refractivity contribution in [3.8, 4) is 17.1 Å². The standard InChI is InChI=1S/C26H32N6O5S/c1-3-38(34,35)32-12-10-30(11-13-32)21-6-4-20(5-7-21)23-16-24-25(28-9-8-27-24)26(29-23)37-18-22-17-31(19(2)33)14-15-36-22/h4-9,16,22H,3,10-15,17-18H2,1-2H3. The first-order valence-electron chi connectivity index (χ1n) is 12.8. The molecular formula is C26H32N6O5S. The summed E-state index contributed by atoms with van der Waals surface area (Å²) in [5, 5.41) is 0. The minimum Gasteiger partial charge on any atom is -0.473 e. The number of anilines is 1. The third-order valence-corrected chi connectivity index (χ3v) is 8.82. The maximum absolute atomic E-state index is 12.2. The van der Waals surface area contributed by atoms with Crippen molar-refractivity contribution in [2.75, 3.05) is 63.1 Å². The van der Waals surface area contributed by atoms with Gasteiger partial charge in [0.2, 0.25) is 21.8 Å². The van der Waals surface area contributed by atoms with Crippen molar-refractivity contribution >= 4 is 32.7 Å². The Labute approximate surface area is 222 Å². The van der Waals surface area contributed by atoms with Gasteiger partial charge in [0.25, 0.3) is 0 Å². The molecule has 0 spiro atoms. The molecule has 1 unspecified atom stereocenters. The van der Waals surface area contributed by atoms with Gasteiger partial charge in [0, 0.05) is 63.3 Å². The fourth-order valence-corrected chi connectivity index (χ4v) is 5.80. The minimum atomic E-state index is -3.16. The van der Waals surface area contributed by atoms with Crippen LogP contribution in [0.15, 0.2) is 42.7 Å². The van der Waals surface area contributed by atoms with Crippen LogP contribution in [0.5, 0.6) is 5.88 Å². The van der Waals surface area contributed by atoms with Gasteiger partial charge in [0.1, 0.15) is 12.7 Å². The van der Waals surface area contributed by atoms with Crippen molar-refractivity contribution in [2.24, 2.45) is 0 Å². The van der Waals surface area contributed by atoms with Gasteiger partial charge >= 0.3 is 0 Å². The number of piperazine rings is 1. The van der Waals surface area contributed by atoms with Crippen molar-refractivity contribution in [2.45, 2.75) is 20.0 Å². The molecule has 0 N–H and O–H groups in total. The maximum atomic E-state index is 12.2. The molecule has 0 aliphatic carbocycles. The molecule has 0 saturated carbocycles. The minimum absolute atomic E-state index is 0.0195. The zero-order valence-corrected chi connectivity index (χ0v) is 22.4. The van der Waals surface area contributed by atoms with Crippen LogP contribution in [0.1, 0.15) is 13.8 Å². The van der Waals surface area contributed by atoms with Crippen molar-refractivity contribution in [3.63, 3.8) is 0 Å². The van der Waals surface area contributed by atoms with Crippen LogP contribution in [-0.4, -0.2) is 103 Å². The average molecular weight is 541 g/mol. The second-order valence-corrected chi connectivity index (χ2v) is 11.6. The smallest absolute Gasteiger partial charge is 0.242 e. The Bertz CT molecular complexity index is 1390.